The molecule has 0 bridgehead atoms. The van der Waals surface area contributed by atoms with Crippen molar-refractivity contribution in [1.29, 1.82) is 0 Å². The molecule has 0 saturated heterocycles. The Hall–Kier alpha value is -1.26. The first kappa shape index (κ1) is 9.83. The van der Waals surface area contributed by atoms with Gasteiger partial charge in [0.1, 0.15) is 5.60 Å². The van der Waals surface area contributed by atoms with E-state index in [-0.39, 0.29) is 0 Å². The zero-order valence-corrected chi connectivity index (χ0v) is 8.04. The summed E-state index contributed by atoms with van der Waals surface area (Å²) in [6.45, 7) is 3.64. The second kappa shape index (κ2) is 4.11. The van der Waals surface area contributed by atoms with Crippen molar-refractivity contribution < 1.29 is 5.11 Å². The maximum absolute atomic E-state index is 9.61. The summed E-state index contributed by atoms with van der Waals surface area (Å²) in [5, 5.41) is 9.61. The van der Waals surface area contributed by atoms with Gasteiger partial charge in [-0.2, -0.15) is 0 Å². The minimum Gasteiger partial charge on any atom is -0.378 e. The predicted octanol–water partition coefficient (Wildman–Crippen LogP) is 2.20. The van der Waals surface area contributed by atoms with Crippen LogP contribution in [0.5, 0.6) is 0 Å². The summed E-state index contributed by atoms with van der Waals surface area (Å²) in [6, 6.07) is 9.68. The van der Waals surface area contributed by atoms with Gasteiger partial charge in [-0.05, 0) is 25.5 Å². The lowest BCUT2D eigenvalue weighted by molar-refractivity contribution is 0.118. The fourth-order valence-corrected chi connectivity index (χ4v) is 0.817. The van der Waals surface area contributed by atoms with Crippen molar-refractivity contribution in [2.24, 2.45) is 0 Å². The van der Waals surface area contributed by atoms with Gasteiger partial charge in [0.05, 0.1) is 0 Å². The van der Waals surface area contributed by atoms with Gasteiger partial charge in [0, 0.05) is 5.56 Å². The first-order chi connectivity index (χ1) is 6.14. The molecule has 1 nitrogen and oxygen atoms in total. The molecule has 0 spiro atoms. The van der Waals surface area contributed by atoms with E-state index in [0.29, 0.717) is 6.42 Å². The van der Waals surface area contributed by atoms with Crippen molar-refractivity contribution in [2.75, 3.05) is 0 Å². The molecule has 68 valence electrons. The van der Waals surface area contributed by atoms with Crippen LogP contribution in [0.3, 0.4) is 0 Å². The summed E-state index contributed by atoms with van der Waals surface area (Å²) < 4.78 is 0. The minimum absolute atomic E-state index is 0.646. The number of benzene rings is 1. The van der Waals surface area contributed by atoms with Crippen LogP contribution >= 0.6 is 0 Å². The lowest BCUT2D eigenvalue weighted by Gasteiger charge is -2.11. The van der Waals surface area contributed by atoms with E-state index < -0.39 is 5.60 Å². The molecule has 0 fully saturated rings. The molecule has 0 aliphatic heterocycles. The highest BCUT2D eigenvalue weighted by Gasteiger charge is 2.11. The van der Waals surface area contributed by atoms with Gasteiger partial charge in [-0.25, -0.2) is 0 Å². The van der Waals surface area contributed by atoms with Crippen LogP contribution in [0.15, 0.2) is 30.3 Å². The van der Waals surface area contributed by atoms with E-state index in [1.807, 2.05) is 37.3 Å². The third kappa shape index (κ3) is 3.31. The summed E-state index contributed by atoms with van der Waals surface area (Å²) >= 11 is 0. The Bertz CT molecular complexity index is 314. The Balaban J connectivity index is 2.79. The smallest absolute Gasteiger partial charge is 0.122 e. The van der Waals surface area contributed by atoms with E-state index >= 15 is 0 Å². The maximum Gasteiger partial charge on any atom is 0.122 e. The van der Waals surface area contributed by atoms with Crippen molar-refractivity contribution in [3.63, 3.8) is 0 Å². The third-order valence-electron chi connectivity index (χ3n) is 1.94. The average Bonchev–Trinajstić information content (AvgIpc) is 2.17. The van der Waals surface area contributed by atoms with Crippen molar-refractivity contribution in [1.82, 2.24) is 0 Å². The van der Waals surface area contributed by atoms with Crippen molar-refractivity contribution >= 4 is 0 Å². The largest absolute Gasteiger partial charge is 0.378 e. The summed E-state index contributed by atoms with van der Waals surface area (Å²) in [4.78, 5) is 0. The van der Waals surface area contributed by atoms with Crippen LogP contribution < -0.4 is 0 Å². The normalized spacial score (nSPS) is 14.1. The summed E-state index contributed by atoms with van der Waals surface area (Å²) in [7, 11) is 0. The van der Waals surface area contributed by atoms with Gasteiger partial charge in [0.2, 0.25) is 0 Å². The summed E-state index contributed by atoms with van der Waals surface area (Å²) in [5.74, 6) is 5.77. The van der Waals surface area contributed by atoms with E-state index in [4.69, 9.17) is 0 Å². The number of hydrogen-bond acceptors (Lipinski definition) is 1. The molecule has 0 amide bonds. The molecule has 1 aromatic carbocycles. The first-order valence-electron chi connectivity index (χ1n) is 4.44. The van der Waals surface area contributed by atoms with Gasteiger partial charge in [0.25, 0.3) is 0 Å². The fourth-order valence-electron chi connectivity index (χ4n) is 0.817. The summed E-state index contributed by atoms with van der Waals surface area (Å²) in [6.07, 6.45) is 0.646. The van der Waals surface area contributed by atoms with Crippen molar-refractivity contribution in [2.45, 2.75) is 25.9 Å². The van der Waals surface area contributed by atoms with Crippen LogP contribution in [0.1, 0.15) is 25.8 Å². The molecule has 1 rings (SSSR count). The van der Waals surface area contributed by atoms with Crippen LogP contribution in [-0.2, 0) is 0 Å². The van der Waals surface area contributed by atoms with Gasteiger partial charge in [-0.1, -0.05) is 37.0 Å². The molecule has 1 atom stereocenters. The molecule has 1 aromatic rings. The Morgan fingerprint density at radius 1 is 1.31 bits per heavy atom. The standard InChI is InChI=1S/C12H14O/c1-3-12(2,13)10-9-11-7-5-4-6-8-11/h4-8,13H,3H2,1-2H3/t12-/m1/s1. The Kier molecular flexibility index (Phi) is 3.11. The Labute approximate surface area is 79.4 Å². The highest BCUT2D eigenvalue weighted by molar-refractivity contribution is 5.35. The molecule has 13 heavy (non-hydrogen) atoms. The van der Waals surface area contributed by atoms with Crippen LogP contribution in [0.2, 0.25) is 0 Å². The van der Waals surface area contributed by atoms with E-state index in [2.05, 4.69) is 11.8 Å². The molecule has 0 aliphatic carbocycles. The van der Waals surface area contributed by atoms with E-state index in [1.54, 1.807) is 6.92 Å². The fraction of sp³-hybridized carbons (Fsp3) is 0.333. The molecule has 0 unspecified atom stereocenters. The van der Waals surface area contributed by atoms with Crippen molar-refractivity contribution in [3.8, 4) is 11.8 Å². The van der Waals surface area contributed by atoms with E-state index in [9.17, 15) is 5.11 Å². The highest BCUT2D eigenvalue weighted by atomic mass is 16.3. The lowest BCUT2D eigenvalue weighted by atomic mass is 10.0. The number of rotatable bonds is 1. The Morgan fingerprint density at radius 2 is 1.92 bits per heavy atom. The van der Waals surface area contributed by atoms with Gasteiger partial charge >= 0.3 is 0 Å². The summed E-state index contributed by atoms with van der Waals surface area (Å²) in [5.41, 5.74) is 0.0757. The lowest BCUT2D eigenvalue weighted by Crippen LogP contribution is -2.19. The molecular formula is C12H14O. The quantitative estimate of drug-likeness (QED) is 0.647. The zero-order chi connectivity index (χ0) is 9.73. The SMILES string of the molecule is CC[C@@](C)(O)C#Cc1ccccc1. The Morgan fingerprint density at radius 3 is 2.46 bits per heavy atom. The topological polar surface area (TPSA) is 20.2 Å². The van der Waals surface area contributed by atoms with Gasteiger partial charge < -0.3 is 5.11 Å². The molecule has 0 aromatic heterocycles. The van der Waals surface area contributed by atoms with Gasteiger partial charge in [-0.15, -0.1) is 0 Å². The average molecular weight is 174 g/mol. The number of aliphatic hydroxyl groups is 1. The van der Waals surface area contributed by atoms with Crippen LogP contribution in [-0.4, -0.2) is 10.7 Å². The van der Waals surface area contributed by atoms with E-state index in [0.717, 1.165) is 5.56 Å². The maximum atomic E-state index is 9.61. The molecule has 1 N–H and O–H groups in total. The van der Waals surface area contributed by atoms with Crippen LogP contribution in [0.25, 0.3) is 0 Å². The van der Waals surface area contributed by atoms with Gasteiger partial charge in [-0.3, -0.25) is 0 Å². The molecule has 1 heteroatoms. The molecule has 0 heterocycles. The second-order valence-corrected chi connectivity index (χ2v) is 3.24. The van der Waals surface area contributed by atoms with Crippen LogP contribution in [0, 0.1) is 11.8 Å². The highest BCUT2D eigenvalue weighted by Crippen LogP contribution is 2.06. The predicted molar refractivity (Wildman–Crippen MR) is 54.2 cm³/mol. The second-order valence-electron chi connectivity index (χ2n) is 3.24. The van der Waals surface area contributed by atoms with Crippen LogP contribution in [0.4, 0.5) is 0 Å². The first-order valence-corrected chi connectivity index (χ1v) is 4.44. The molecule has 0 saturated carbocycles. The number of hydrogen-bond donors (Lipinski definition) is 1. The van der Waals surface area contributed by atoms with Gasteiger partial charge in [0.15, 0.2) is 0 Å². The molecule has 0 aliphatic rings. The van der Waals surface area contributed by atoms with Crippen molar-refractivity contribution in [3.05, 3.63) is 35.9 Å². The molecule has 0 radical (unpaired) electrons. The zero-order valence-electron chi connectivity index (χ0n) is 8.04. The van der Waals surface area contributed by atoms with E-state index in [1.165, 1.54) is 0 Å². The minimum atomic E-state index is -0.865. The third-order valence-corrected chi connectivity index (χ3v) is 1.94. The monoisotopic (exact) mass is 174 g/mol. The molecular weight excluding hydrogens is 160 g/mol.